The highest BCUT2D eigenvalue weighted by Gasteiger charge is 2.14. The number of benzene rings is 2. The van der Waals surface area contributed by atoms with Crippen LogP contribution in [0.1, 0.15) is 28.4 Å². The molecule has 0 spiro atoms. The zero-order valence-electron chi connectivity index (χ0n) is 14.1. The summed E-state index contributed by atoms with van der Waals surface area (Å²) in [5.41, 5.74) is 3.53. The summed E-state index contributed by atoms with van der Waals surface area (Å²) in [6.45, 7) is 6.26. The first-order valence-corrected chi connectivity index (χ1v) is 8.57. The Hall–Kier alpha value is -2.14. The lowest BCUT2D eigenvalue weighted by molar-refractivity contribution is -0.116. The number of nitrogens with zero attached hydrogens (tertiary/aromatic N) is 1. The molecule has 0 unspecified atom stereocenters. The van der Waals surface area contributed by atoms with Crippen LogP contribution >= 0.6 is 15.9 Å². The number of hydrogen-bond acceptors (Lipinski definition) is 2. The van der Waals surface area contributed by atoms with Gasteiger partial charge >= 0.3 is 0 Å². The van der Waals surface area contributed by atoms with Crippen LogP contribution in [-0.4, -0.2) is 24.9 Å². The average molecular weight is 389 g/mol. The zero-order valence-corrected chi connectivity index (χ0v) is 15.7. The largest absolute Gasteiger partial charge is 0.350 e. The van der Waals surface area contributed by atoms with Gasteiger partial charge in [-0.15, -0.1) is 0 Å². The van der Waals surface area contributed by atoms with Crippen molar-refractivity contribution >= 4 is 33.4 Å². The summed E-state index contributed by atoms with van der Waals surface area (Å²) < 4.78 is 0.972. The quantitative estimate of drug-likeness (QED) is 0.845. The first kappa shape index (κ1) is 18.2. The molecule has 1 N–H and O–H groups in total. The maximum atomic E-state index is 12.2. The van der Waals surface area contributed by atoms with E-state index in [-0.39, 0.29) is 11.8 Å². The van der Waals surface area contributed by atoms with Crippen LogP contribution in [0.15, 0.2) is 46.9 Å². The summed E-state index contributed by atoms with van der Waals surface area (Å²) in [6.07, 6.45) is 0. The number of nitrogens with one attached hydrogen (secondary N) is 1. The molecule has 0 saturated heterocycles. The van der Waals surface area contributed by atoms with Gasteiger partial charge in [-0.3, -0.25) is 9.59 Å². The van der Waals surface area contributed by atoms with Crippen molar-refractivity contribution in [2.45, 2.75) is 20.8 Å². The maximum Gasteiger partial charge on any atom is 0.251 e. The summed E-state index contributed by atoms with van der Waals surface area (Å²) in [5, 5.41) is 2.87. The van der Waals surface area contributed by atoms with Crippen LogP contribution in [0.2, 0.25) is 0 Å². The van der Waals surface area contributed by atoms with Crippen molar-refractivity contribution in [3.63, 3.8) is 0 Å². The van der Waals surface area contributed by atoms with E-state index in [9.17, 15) is 9.59 Å². The molecule has 0 atom stereocenters. The highest BCUT2D eigenvalue weighted by atomic mass is 79.9. The minimum atomic E-state index is -0.130. The third kappa shape index (κ3) is 4.68. The number of carbonyl (C=O) groups is 2. The van der Waals surface area contributed by atoms with Gasteiger partial charge in [-0.1, -0.05) is 33.6 Å². The van der Waals surface area contributed by atoms with E-state index in [4.69, 9.17) is 0 Å². The van der Waals surface area contributed by atoms with Gasteiger partial charge in [0.05, 0.1) is 0 Å². The highest BCUT2D eigenvalue weighted by molar-refractivity contribution is 9.10. The summed E-state index contributed by atoms with van der Waals surface area (Å²) in [4.78, 5) is 25.8. The highest BCUT2D eigenvalue weighted by Crippen LogP contribution is 2.23. The Morgan fingerprint density at radius 3 is 2.50 bits per heavy atom. The molecule has 2 amide bonds. The normalized spacial score (nSPS) is 10.3. The minimum absolute atomic E-state index is 0.0507. The third-order valence-corrected chi connectivity index (χ3v) is 4.22. The van der Waals surface area contributed by atoms with Crippen molar-refractivity contribution in [1.82, 2.24) is 5.32 Å². The second-order valence-electron chi connectivity index (χ2n) is 5.73. The molecule has 0 bridgehead atoms. The predicted octanol–water partition coefficient (Wildman–Crippen LogP) is 3.85. The van der Waals surface area contributed by atoms with E-state index < -0.39 is 0 Å². The van der Waals surface area contributed by atoms with Gasteiger partial charge in [0, 0.05) is 35.7 Å². The van der Waals surface area contributed by atoms with Crippen molar-refractivity contribution in [2.24, 2.45) is 0 Å². The molecular formula is C19H21BrN2O2. The van der Waals surface area contributed by atoms with Crippen molar-refractivity contribution in [3.8, 4) is 0 Å². The molecule has 0 aromatic heterocycles. The second kappa shape index (κ2) is 8.11. The van der Waals surface area contributed by atoms with Gasteiger partial charge in [0.15, 0.2) is 0 Å². The van der Waals surface area contributed by atoms with E-state index in [1.165, 1.54) is 6.92 Å². The summed E-state index contributed by atoms with van der Waals surface area (Å²) in [7, 11) is 0. The van der Waals surface area contributed by atoms with E-state index in [0.717, 1.165) is 21.3 Å². The molecule has 0 aliphatic carbocycles. The topological polar surface area (TPSA) is 49.4 Å². The molecule has 2 aromatic carbocycles. The molecule has 0 radical (unpaired) electrons. The molecule has 0 heterocycles. The SMILES string of the molecule is CC(=O)N(CCNC(=O)c1cccc(C)c1)c1ccc(Br)cc1C. The number of carbonyl (C=O) groups excluding carboxylic acids is 2. The standard InChI is InChI=1S/C19H21BrN2O2/c1-13-5-4-6-16(11-13)19(24)21-9-10-22(15(3)23)18-8-7-17(20)12-14(18)2/h4-8,11-12H,9-10H2,1-3H3,(H,21,24). The number of rotatable bonds is 5. The predicted molar refractivity (Wildman–Crippen MR) is 100 cm³/mol. The molecule has 4 nitrogen and oxygen atoms in total. The van der Waals surface area contributed by atoms with Crippen molar-refractivity contribution in [2.75, 3.05) is 18.0 Å². The molecule has 5 heteroatoms. The number of halogens is 1. The van der Waals surface area contributed by atoms with Gasteiger partial charge in [0.2, 0.25) is 5.91 Å². The Balaban J connectivity index is 2.02. The zero-order chi connectivity index (χ0) is 17.7. The van der Waals surface area contributed by atoms with E-state index in [1.807, 2.05) is 50.2 Å². The Kier molecular flexibility index (Phi) is 6.15. The molecule has 2 rings (SSSR count). The third-order valence-electron chi connectivity index (χ3n) is 3.73. The van der Waals surface area contributed by atoms with E-state index >= 15 is 0 Å². The van der Waals surface area contributed by atoms with Crippen LogP contribution in [0.5, 0.6) is 0 Å². The van der Waals surface area contributed by atoms with Gasteiger partial charge < -0.3 is 10.2 Å². The van der Waals surface area contributed by atoms with Crippen LogP contribution in [0.4, 0.5) is 5.69 Å². The van der Waals surface area contributed by atoms with E-state index in [2.05, 4.69) is 21.2 Å². The van der Waals surface area contributed by atoms with Gasteiger partial charge in [-0.2, -0.15) is 0 Å². The number of aryl methyl sites for hydroxylation is 2. The van der Waals surface area contributed by atoms with Crippen LogP contribution < -0.4 is 10.2 Å². The molecule has 0 aliphatic heterocycles. The number of hydrogen-bond donors (Lipinski definition) is 1. The van der Waals surface area contributed by atoms with Gasteiger partial charge in [-0.25, -0.2) is 0 Å². The lowest BCUT2D eigenvalue weighted by Gasteiger charge is -2.23. The average Bonchev–Trinajstić information content (AvgIpc) is 2.52. The second-order valence-corrected chi connectivity index (χ2v) is 6.64. The first-order chi connectivity index (χ1) is 11.4. The molecule has 0 aliphatic rings. The van der Waals surface area contributed by atoms with E-state index in [0.29, 0.717) is 18.7 Å². The number of anilines is 1. The van der Waals surface area contributed by atoms with E-state index in [1.54, 1.807) is 11.0 Å². The van der Waals surface area contributed by atoms with Crippen molar-refractivity contribution in [3.05, 3.63) is 63.6 Å². The molecule has 2 aromatic rings. The fraction of sp³-hybridized carbons (Fsp3) is 0.263. The monoisotopic (exact) mass is 388 g/mol. The Morgan fingerprint density at radius 1 is 1.12 bits per heavy atom. The van der Waals surface area contributed by atoms with Crippen LogP contribution in [-0.2, 0) is 4.79 Å². The molecule has 24 heavy (non-hydrogen) atoms. The summed E-state index contributed by atoms with van der Waals surface area (Å²) >= 11 is 3.43. The fourth-order valence-electron chi connectivity index (χ4n) is 2.54. The van der Waals surface area contributed by atoms with Crippen molar-refractivity contribution in [1.29, 1.82) is 0 Å². The molecular weight excluding hydrogens is 368 g/mol. The smallest absolute Gasteiger partial charge is 0.251 e. The van der Waals surface area contributed by atoms with Gasteiger partial charge in [0.25, 0.3) is 5.91 Å². The molecule has 0 fully saturated rings. The summed E-state index contributed by atoms with van der Waals surface area (Å²) in [6, 6.07) is 13.2. The molecule has 126 valence electrons. The van der Waals surface area contributed by atoms with Crippen LogP contribution in [0.25, 0.3) is 0 Å². The number of amides is 2. The van der Waals surface area contributed by atoms with Crippen LogP contribution in [0.3, 0.4) is 0 Å². The Labute approximate surface area is 151 Å². The van der Waals surface area contributed by atoms with Gasteiger partial charge in [0.1, 0.15) is 0 Å². The lowest BCUT2D eigenvalue weighted by atomic mass is 10.1. The van der Waals surface area contributed by atoms with Gasteiger partial charge in [-0.05, 0) is 49.7 Å². The Morgan fingerprint density at radius 2 is 1.88 bits per heavy atom. The minimum Gasteiger partial charge on any atom is -0.350 e. The maximum absolute atomic E-state index is 12.2. The molecule has 0 saturated carbocycles. The fourth-order valence-corrected chi connectivity index (χ4v) is 3.01. The first-order valence-electron chi connectivity index (χ1n) is 7.77. The lowest BCUT2D eigenvalue weighted by Crippen LogP contribution is -2.38. The van der Waals surface area contributed by atoms with Crippen LogP contribution in [0, 0.1) is 13.8 Å². The Bertz CT molecular complexity index is 759. The van der Waals surface area contributed by atoms with Crippen molar-refractivity contribution < 1.29 is 9.59 Å². The summed E-state index contributed by atoms with van der Waals surface area (Å²) in [5.74, 6) is -0.181.